The molecular weight excluding hydrogens is 256 g/mol. The average Bonchev–Trinajstić information content (AvgIpc) is 2.28. The van der Waals surface area contributed by atoms with E-state index in [0.717, 1.165) is 0 Å². The van der Waals surface area contributed by atoms with E-state index in [0.29, 0.717) is 11.3 Å². The lowest BCUT2D eigenvalue weighted by Gasteiger charge is -2.05. The van der Waals surface area contributed by atoms with Gasteiger partial charge >= 0.3 is 5.97 Å². The van der Waals surface area contributed by atoms with Gasteiger partial charge in [-0.25, -0.2) is 8.42 Å². The minimum absolute atomic E-state index is 0.168. The van der Waals surface area contributed by atoms with Crippen molar-refractivity contribution in [3.63, 3.8) is 0 Å². The van der Waals surface area contributed by atoms with Crippen LogP contribution in [0.2, 0.25) is 0 Å². The Labute approximate surface area is 106 Å². The van der Waals surface area contributed by atoms with Crippen molar-refractivity contribution in [3.05, 3.63) is 29.6 Å². The molecule has 0 aromatic carbocycles. The van der Waals surface area contributed by atoms with E-state index in [1.165, 1.54) is 6.20 Å². The number of carbonyl (C=O) groups excluding carboxylic acids is 1. The molecule has 0 unspecified atom stereocenters. The summed E-state index contributed by atoms with van der Waals surface area (Å²) in [7, 11) is -3.52. The number of rotatable bonds is 6. The number of nitrogens with two attached hydrogens (primary N) is 1. The maximum Gasteiger partial charge on any atom is 0.321 e. The fourth-order valence-electron chi connectivity index (χ4n) is 1.42. The van der Waals surface area contributed by atoms with Crippen LogP contribution < -0.4 is 5.73 Å². The molecule has 0 amide bonds. The lowest BCUT2D eigenvalue weighted by Crippen LogP contribution is -2.20. The number of pyridine rings is 1. The molecule has 7 heteroatoms. The van der Waals surface area contributed by atoms with Crippen LogP contribution in [0.4, 0.5) is 0 Å². The van der Waals surface area contributed by atoms with Gasteiger partial charge in [0.15, 0.2) is 9.84 Å². The van der Waals surface area contributed by atoms with Gasteiger partial charge in [0.2, 0.25) is 0 Å². The Morgan fingerprint density at radius 2 is 2.22 bits per heavy atom. The van der Waals surface area contributed by atoms with Gasteiger partial charge in [-0.2, -0.15) is 0 Å². The first kappa shape index (κ1) is 14.6. The molecule has 6 nitrogen and oxygen atoms in total. The Kier molecular flexibility index (Phi) is 5.24. The normalized spacial score (nSPS) is 11.2. The second-order valence-electron chi connectivity index (χ2n) is 3.70. The molecule has 1 aromatic rings. The molecule has 2 N–H and O–H groups in total. The summed E-state index contributed by atoms with van der Waals surface area (Å²) in [6, 6.07) is 3.20. The second kappa shape index (κ2) is 6.46. The van der Waals surface area contributed by atoms with Gasteiger partial charge in [0, 0.05) is 12.7 Å². The molecule has 0 spiro atoms. The standard InChI is InChI=1S/C11H16N2O4S/c1-2-17-11(14)8-18(15,16)7-9-3-4-13-10(5-9)6-12/h3-5H,2,6-8,12H2,1H3. The van der Waals surface area contributed by atoms with Gasteiger partial charge in [0.1, 0.15) is 5.75 Å². The fourth-order valence-corrected chi connectivity index (χ4v) is 2.65. The molecular formula is C11H16N2O4S. The summed E-state index contributed by atoms with van der Waals surface area (Å²) in [5.74, 6) is -1.56. The van der Waals surface area contributed by atoms with E-state index >= 15 is 0 Å². The van der Waals surface area contributed by atoms with Crippen molar-refractivity contribution in [1.82, 2.24) is 4.98 Å². The number of ether oxygens (including phenoxy) is 1. The molecule has 0 radical (unpaired) electrons. The zero-order valence-electron chi connectivity index (χ0n) is 10.1. The van der Waals surface area contributed by atoms with Crippen LogP contribution in [0.1, 0.15) is 18.2 Å². The highest BCUT2D eigenvalue weighted by molar-refractivity contribution is 7.91. The third-order valence-electron chi connectivity index (χ3n) is 2.12. The van der Waals surface area contributed by atoms with Crippen LogP contribution in [0, 0.1) is 0 Å². The molecule has 1 aromatic heterocycles. The quantitative estimate of drug-likeness (QED) is 0.733. The van der Waals surface area contributed by atoms with E-state index in [1.54, 1.807) is 19.1 Å². The van der Waals surface area contributed by atoms with Gasteiger partial charge in [-0.05, 0) is 24.6 Å². The Balaban J connectivity index is 2.73. The molecule has 0 fully saturated rings. The largest absolute Gasteiger partial charge is 0.465 e. The molecule has 1 heterocycles. The zero-order valence-corrected chi connectivity index (χ0v) is 10.9. The van der Waals surface area contributed by atoms with E-state index in [1.807, 2.05) is 0 Å². The zero-order chi connectivity index (χ0) is 13.6. The van der Waals surface area contributed by atoms with Crippen LogP contribution in [0.15, 0.2) is 18.3 Å². The fraction of sp³-hybridized carbons (Fsp3) is 0.455. The number of hydrogen-bond donors (Lipinski definition) is 1. The number of aromatic nitrogens is 1. The van der Waals surface area contributed by atoms with E-state index in [-0.39, 0.29) is 18.9 Å². The van der Waals surface area contributed by atoms with Gasteiger partial charge in [-0.15, -0.1) is 0 Å². The molecule has 100 valence electrons. The van der Waals surface area contributed by atoms with Gasteiger partial charge in [0.05, 0.1) is 18.1 Å². The Bertz CT molecular complexity index is 514. The molecule has 0 atom stereocenters. The van der Waals surface area contributed by atoms with Crippen molar-refractivity contribution in [1.29, 1.82) is 0 Å². The molecule has 0 bridgehead atoms. The van der Waals surface area contributed by atoms with E-state index < -0.39 is 21.6 Å². The van der Waals surface area contributed by atoms with Crippen LogP contribution in [0.3, 0.4) is 0 Å². The molecule has 18 heavy (non-hydrogen) atoms. The number of sulfone groups is 1. The van der Waals surface area contributed by atoms with Gasteiger partial charge in [-0.1, -0.05) is 0 Å². The van der Waals surface area contributed by atoms with E-state index in [4.69, 9.17) is 5.73 Å². The van der Waals surface area contributed by atoms with Crippen LogP contribution in [-0.2, 0) is 31.7 Å². The molecule has 0 aliphatic heterocycles. The van der Waals surface area contributed by atoms with E-state index in [2.05, 4.69) is 9.72 Å². The number of carbonyl (C=O) groups is 1. The monoisotopic (exact) mass is 272 g/mol. The summed E-state index contributed by atoms with van der Waals surface area (Å²) in [6.07, 6.45) is 1.50. The van der Waals surface area contributed by atoms with Crippen molar-refractivity contribution >= 4 is 15.8 Å². The van der Waals surface area contributed by atoms with Crippen molar-refractivity contribution in [2.24, 2.45) is 5.73 Å². The summed E-state index contributed by atoms with van der Waals surface area (Å²) >= 11 is 0. The summed E-state index contributed by atoms with van der Waals surface area (Å²) in [5, 5.41) is 0. The highest BCUT2D eigenvalue weighted by Crippen LogP contribution is 2.08. The maximum atomic E-state index is 11.7. The Morgan fingerprint density at radius 1 is 1.50 bits per heavy atom. The highest BCUT2D eigenvalue weighted by Gasteiger charge is 2.18. The summed E-state index contributed by atoms with van der Waals surface area (Å²) < 4.78 is 28.1. The third-order valence-corrected chi connectivity index (χ3v) is 3.57. The van der Waals surface area contributed by atoms with Gasteiger partial charge in [-0.3, -0.25) is 9.78 Å². The molecule has 0 aliphatic rings. The van der Waals surface area contributed by atoms with Crippen LogP contribution >= 0.6 is 0 Å². The highest BCUT2D eigenvalue weighted by atomic mass is 32.2. The first-order valence-electron chi connectivity index (χ1n) is 5.46. The molecule has 0 saturated heterocycles. The first-order valence-corrected chi connectivity index (χ1v) is 7.29. The third kappa shape index (κ3) is 4.80. The van der Waals surface area contributed by atoms with Crippen molar-refractivity contribution in [2.45, 2.75) is 19.2 Å². The number of hydrogen-bond acceptors (Lipinski definition) is 6. The molecule has 0 saturated carbocycles. The average molecular weight is 272 g/mol. The van der Waals surface area contributed by atoms with Crippen molar-refractivity contribution < 1.29 is 17.9 Å². The Hall–Kier alpha value is -1.47. The first-order chi connectivity index (χ1) is 8.46. The van der Waals surface area contributed by atoms with Crippen LogP contribution in [0.25, 0.3) is 0 Å². The summed E-state index contributed by atoms with van der Waals surface area (Å²) in [5.41, 5.74) is 6.59. The number of esters is 1. The lowest BCUT2D eigenvalue weighted by molar-refractivity contribution is -0.139. The maximum absolute atomic E-state index is 11.7. The SMILES string of the molecule is CCOC(=O)CS(=O)(=O)Cc1ccnc(CN)c1. The van der Waals surface area contributed by atoms with Gasteiger partial charge in [0.25, 0.3) is 0 Å². The van der Waals surface area contributed by atoms with Crippen LogP contribution in [0.5, 0.6) is 0 Å². The van der Waals surface area contributed by atoms with Crippen LogP contribution in [-0.4, -0.2) is 31.7 Å². The minimum atomic E-state index is -3.52. The minimum Gasteiger partial charge on any atom is -0.465 e. The Morgan fingerprint density at radius 3 is 2.83 bits per heavy atom. The van der Waals surface area contributed by atoms with Gasteiger partial charge < -0.3 is 10.5 Å². The number of nitrogens with zero attached hydrogens (tertiary/aromatic N) is 1. The lowest BCUT2D eigenvalue weighted by atomic mass is 10.2. The van der Waals surface area contributed by atoms with Crippen molar-refractivity contribution in [2.75, 3.05) is 12.4 Å². The van der Waals surface area contributed by atoms with E-state index in [9.17, 15) is 13.2 Å². The van der Waals surface area contributed by atoms with Crippen molar-refractivity contribution in [3.8, 4) is 0 Å². The molecule has 1 rings (SSSR count). The predicted octanol–water partition coefficient (Wildman–Crippen LogP) is 0.0182. The predicted molar refractivity (Wildman–Crippen MR) is 66.3 cm³/mol. The second-order valence-corrected chi connectivity index (χ2v) is 5.76. The summed E-state index contributed by atoms with van der Waals surface area (Å²) in [4.78, 5) is 15.1. The molecule has 0 aliphatic carbocycles. The topological polar surface area (TPSA) is 99.4 Å². The summed E-state index contributed by atoms with van der Waals surface area (Å²) in [6.45, 7) is 2.04. The smallest absolute Gasteiger partial charge is 0.321 e.